The molecule has 6 nitrogen and oxygen atoms in total. The first-order valence-corrected chi connectivity index (χ1v) is 8.99. The molecule has 2 aromatic carbocycles. The van der Waals surface area contributed by atoms with Crippen molar-refractivity contribution >= 4 is 11.8 Å². The van der Waals surface area contributed by atoms with Gasteiger partial charge >= 0.3 is 0 Å². The molecule has 0 saturated carbocycles. The third kappa shape index (κ3) is 3.44. The SMILES string of the molecule is C=CC(=O)N[C@@H]1c2ccccc2C[C@H]1NC(=O)c1cc(-c2ccccc2)on1. The molecule has 1 heterocycles. The lowest BCUT2D eigenvalue weighted by atomic mass is 10.1. The Kier molecular flexibility index (Phi) is 4.76. The minimum absolute atomic E-state index is 0.198. The number of rotatable bonds is 5. The van der Waals surface area contributed by atoms with Crippen molar-refractivity contribution in [1.29, 1.82) is 0 Å². The second-order valence-electron chi connectivity index (χ2n) is 6.62. The van der Waals surface area contributed by atoms with Gasteiger partial charge in [0.2, 0.25) is 5.91 Å². The van der Waals surface area contributed by atoms with E-state index in [9.17, 15) is 9.59 Å². The normalized spacial score (nSPS) is 17.6. The predicted octanol–water partition coefficient (Wildman–Crippen LogP) is 3.04. The molecule has 0 saturated heterocycles. The van der Waals surface area contributed by atoms with E-state index >= 15 is 0 Å². The second kappa shape index (κ2) is 7.52. The van der Waals surface area contributed by atoms with E-state index in [4.69, 9.17) is 4.52 Å². The minimum atomic E-state index is -0.346. The topological polar surface area (TPSA) is 84.2 Å². The van der Waals surface area contributed by atoms with Crippen LogP contribution in [-0.4, -0.2) is 23.0 Å². The summed E-state index contributed by atoms with van der Waals surface area (Å²) in [5.41, 5.74) is 3.13. The number of fused-ring (bicyclic) bond motifs is 1. The Bertz CT molecular complexity index is 1030. The van der Waals surface area contributed by atoms with Gasteiger partial charge in [0.1, 0.15) is 0 Å². The average Bonchev–Trinajstić information content (AvgIpc) is 3.34. The van der Waals surface area contributed by atoms with Crippen LogP contribution in [0.5, 0.6) is 0 Å². The summed E-state index contributed by atoms with van der Waals surface area (Å²) >= 11 is 0. The van der Waals surface area contributed by atoms with Crippen molar-refractivity contribution in [3.05, 3.63) is 90.1 Å². The van der Waals surface area contributed by atoms with Gasteiger partial charge in [-0.3, -0.25) is 9.59 Å². The van der Waals surface area contributed by atoms with Crippen LogP contribution in [0.25, 0.3) is 11.3 Å². The van der Waals surface area contributed by atoms with Gasteiger partial charge in [0.15, 0.2) is 11.5 Å². The largest absolute Gasteiger partial charge is 0.355 e. The molecule has 4 rings (SSSR count). The summed E-state index contributed by atoms with van der Waals surface area (Å²) in [6.45, 7) is 3.50. The smallest absolute Gasteiger partial charge is 0.273 e. The summed E-state index contributed by atoms with van der Waals surface area (Å²) in [5.74, 6) is -0.104. The van der Waals surface area contributed by atoms with E-state index in [1.165, 1.54) is 6.08 Å². The van der Waals surface area contributed by atoms with E-state index in [1.54, 1.807) is 6.07 Å². The third-order valence-corrected chi connectivity index (χ3v) is 4.83. The maximum absolute atomic E-state index is 12.7. The Hall–Kier alpha value is -3.67. The monoisotopic (exact) mass is 373 g/mol. The van der Waals surface area contributed by atoms with Crippen LogP contribution in [0.4, 0.5) is 0 Å². The van der Waals surface area contributed by atoms with Gasteiger partial charge < -0.3 is 15.2 Å². The molecule has 0 radical (unpaired) electrons. The Balaban J connectivity index is 1.53. The fourth-order valence-electron chi connectivity index (χ4n) is 3.48. The lowest BCUT2D eigenvalue weighted by Crippen LogP contribution is -2.44. The van der Waals surface area contributed by atoms with Crippen LogP contribution in [0.1, 0.15) is 27.7 Å². The molecule has 0 fully saturated rings. The zero-order chi connectivity index (χ0) is 19.5. The van der Waals surface area contributed by atoms with Gasteiger partial charge in [0, 0.05) is 11.6 Å². The van der Waals surface area contributed by atoms with Crippen molar-refractivity contribution in [3.8, 4) is 11.3 Å². The van der Waals surface area contributed by atoms with Crippen molar-refractivity contribution < 1.29 is 14.1 Å². The molecule has 1 aromatic heterocycles. The third-order valence-electron chi connectivity index (χ3n) is 4.83. The summed E-state index contributed by atoms with van der Waals surface area (Å²) in [5, 5.41) is 9.78. The zero-order valence-corrected chi connectivity index (χ0v) is 15.1. The first kappa shape index (κ1) is 17.7. The molecule has 0 bridgehead atoms. The molecule has 0 unspecified atom stereocenters. The van der Waals surface area contributed by atoms with Crippen LogP contribution in [0.3, 0.4) is 0 Å². The first-order chi connectivity index (χ1) is 13.7. The molecule has 2 atom stereocenters. The molecule has 6 heteroatoms. The quantitative estimate of drug-likeness (QED) is 0.674. The van der Waals surface area contributed by atoms with Gasteiger partial charge in [-0.05, 0) is 23.6 Å². The summed E-state index contributed by atoms with van der Waals surface area (Å²) in [4.78, 5) is 24.6. The van der Waals surface area contributed by atoms with E-state index in [0.29, 0.717) is 12.2 Å². The van der Waals surface area contributed by atoms with Crippen LogP contribution in [-0.2, 0) is 11.2 Å². The van der Waals surface area contributed by atoms with Crippen molar-refractivity contribution in [2.45, 2.75) is 18.5 Å². The van der Waals surface area contributed by atoms with Crippen LogP contribution >= 0.6 is 0 Å². The number of nitrogens with one attached hydrogen (secondary N) is 2. The summed E-state index contributed by atoms with van der Waals surface area (Å²) in [6.07, 6.45) is 1.84. The predicted molar refractivity (Wildman–Crippen MR) is 104 cm³/mol. The van der Waals surface area contributed by atoms with Gasteiger partial charge in [0.05, 0.1) is 12.1 Å². The molecule has 140 valence electrons. The second-order valence-corrected chi connectivity index (χ2v) is 6.62. The lowest BCUT2D eigenvalue weighted by Gasteiger charge is -2.22. The molecule has 2 N–H and O–H groups in total. The minimum Gasteiger partial charge on any atom is -0.355 e. The summed E-state index contributed by atoms with van der Waals surface area (Å²) in [7, 11) is 0. The Morgan fingerprint density at radius 1 is 1.07 bits per heavy atom. The average molecular weight is 373 g/mol. The number of carbonyl (C=O) groups is 2. The molecule has 3 aromatic rings. The number of hydrogen-bond acceptors (Lipinski definition) is 4. The van der Waals surface area contributed by atoms with Crippen molar-refractivity contribution in [2.24, 2.45) is 0 Å². The number of amides is 2. The van der Waals surface area contributed by atoms with Crippen LogP contribution in [0.15, 0.2) is 77.8 Å². The Morgan fingerprint density at radius 3 is 2.61 bits per heavy atom. The molecule has 1 aliphatic rings. The highest BCUT2D eigenvalue weighted by Crippen LogP contribution is 2.31. The highest BCUT2D eigenvalue weighted by Gasteiger charge is 2.34. The van der Waals surface area contributed by atoms with E-state index in [2.05, 4.69) is 22.4 Å². The van der Waals surface area contributed by atoms with E-state index in [-0.39, 0.29) is 29.6 Å². The highest BCUT2D eigenvalue weighted by molar-refractivity contribution is 5.93. The Labute approximate surface area is 162 Å². The lowest BCUT2D eigenvalue weighted by molar-refractivity contribution is -0.117. The maximum Gasteiger partial charge on any atom is 0.273 e. The van der Waals surface area contributed by atoms with Gasteiger partial charge in [0.25, 0.3) is 5.91 Å². The highest BCUT2D eigenvalue weighted by atomic mass is 16.5. The fraction of sp³-hybridized carbons (Fsp3) is 0.136. The summed E-state index contributed by atoms with van der Waals surface area (Å²) in [6, 6.07) is 18.3. The fourth-order valence-corrected chi connectivity index (χ4v) is 3.48. The van der Waals surface area contributed by atoms with Gasteiger partial charge in [-0.2, -0.15) is 0 Å². The molecular weight excluding hydrogens is 354 g/mol. The van der Waals surface area contributed by atoms with Gasteiger partial charge in [-0.25, -0.2) is 0 Å². The molecule has 1 aliphatic carbocycles. The first-order valence-electron chi connectivity index (χ1n) is 8.99. The van der Waals surface area contributed by atoms with Gasteiger partial charge in [-0.15, -0.1) is 0 Å². The molecular formula is C22H19N3O3. The molecule has 2 amide bonds. The molecule has 0 aliphatic heterocycles. The van der Waals surface area contributed by atoms with E-state index < -0.39 is 0 Å². The van der Waals surface area contributed by atoms with Crippen molar-refractivity contribution in [2.75, 3.05) is 0 Å². The maximum atomic E-state index is 12.7. The molecule has 0 spiro atoms. The number of aromatic nitrogens is 1. The van der Waals surface area contributed by atoms with Crippen LogP contribution < -0.4 is 10.6 Å². The standard InChI is InChI=1S/C22H19N3O3/c1-2-20(26)24-21-16-11-7-6-10-15(16)12-17(21)23-22(27)18-13-19(28-25-18)14-8-4-3-5-9-14/h2-11,13,17,21H,1,12H2,(H,23,27)(H,24,26)/t17-,21-/m1/s1. The zero-order valence-electron chi connectivity index (χ0n) is 15.1. The van der Waals surface area contributed by atoms with Crippen LogP contribution in [0.2, 0.25) is 0 Å². The van der Waals surface area contributed by atoms with Gasteiger partial charge in [-0.1, -0.05) is 66.3 Å². The Morgan fingerprint density at radius 2 is 1.82 bits per heavy atom. The number of benzene rings is 2. The number of nitrogens with zero attached hydrogens (tertiary/aromatic N) is 1. The van der Waals surface area contributed by atoms with Crippen LogP contribution in [0, 0.1) is 0 Å². The van der Waals surface area contributed by atoms with Crippen molar-refractivity contribution in [3.63, 3.8) is 0 Å². The summed E-state index contributed by atoms with van der Waals surface area (Å²) < 4.78 is 5.31. The number of hydrogen-bond donors (Lipinski definition) is 2. The van der Waals surface area contributed by atoms with E-state index in [1.807, 2.05) is 54.6 Å². The van der Waals surface area contributed by atoms with E-state index in [0.717, 1.165) is 16.7 Å². The molecule has 28 heavy (non-hydrogen) atoms. The van der Waals surface area contributed by atoms with Crippen molar-refractivity contribution in [1.82, 2.24) is 15.8 Å². The number of carbonyl (C=O) groups excluding carboxylic acids is 2.